The molecule has 2 aromatic rings. The Morgan fingerprint density at radius 3 is 2.84 bits per heavy atom. The highest BCUT2D eigenvalue weighted by molar-refractivity contribution is 6.20. The van der Waals surface area contributed by atoms with Gasteiger partial charge in [-0.2, -0.15) is 0 Å². The van der Waals surface area contributed by atoms with Crippen molar-refractivity contribution in [1.29, 1.82) is 0 Å². The van der Waals surface area contributed by atoms with Gasteiger partial charge >= 0.3 is 0 Å². The number of alkyl halides is 1. The normalized spacial score (nSPS) is 18.3. The first kappa shape index (κ1) is 12.9. The summed E-state index contributed by atoms with van der Waals surface area (Å²) >= 11 is 6.21. The van der Waals surface area contributed by atoms with Crippen molar-refractivity contribution in [2.45, 2.75) is 44.5 Å². The smallest absolute Gasteiger partial charge is 0.151 e. The van der Waals surface area contributed by atoms with Gasteiger partial charge in [-0.15, -0.1) is 11.6 Å². The Morgan fingerprint density at radius 1 is 1.42 bits per heavy atom. The van der Waals surface area contributed by atoms with E-state index in [-0.39, 0.29) is 11.2 Å². The summed E-state index contributed by atoms with van der Waals surface area (Å²) < 4.78 is 16.0. The molecule has 0 radical (unpaired) electrons. The number of benzene rings is 1. The third kappa shape index (κ3) is 2.36. The first-order valence-electron chi connectivity index (χ1n) is 6.95. The third-order valence-electron chi connectivity index (χ3n) is 4.03. The van der Waals surface area contributed by atoms with Gasteiger partial charge in [-0.1, -0.05) is 18.9 Å². The van der Waals surface area contributed by atoms with Gasteiger partial charge in [0.15, 0.2) is 5.82 Å². The molecular formula is C15H18ClFN2. The van der Waals surface area contributed by atoms with E-state index in [0.29, 0.717) is 11.4 Å². The zero-order valence-corrected chi connectivity index (χ0v) is 11.8. The number of imidazole rings is 1. The fraction of sp³-hybridized carbons (Fsp3) is 0.533. The average molecular weight is 281 g/mol. The van der Waals surface area contributed by atoms with Crippen LogP contribution in [0.4, 0.5) is 4.39 Å². The van der Waals surface area contributed by atoms with E-state index in [0.717, 1.165) is 17.9 Å². The highest BCUT2D eigenvalue weighted by atomic mass is 35.5. The molecule has 2 nitrogen and oxygen atoms in total. The SMILES string of the molecule is CC(Cl)c1nc2c(F)cccc2n1CC1CCCC1. The molecule has 1 heterocycles. The molecular weight excluding hydrogens is 263 g/mol. The number of halogens is 2. The lowest BCUT2D eigenvalue weighted by Gasteiger charge is -2.15. The number of para-hydroxylation sites is 1. The molecule has 0 saturated heterocycles. The number of aromatic nitrogens is 2. The number of rotatable bonds is 3. The molecule has 0 spiro atoms. The molecule has 1 atom stereocenters. The first-order chi connectivity index (χ1) is 9.16. The van der Waals surface area contributed by atoms with E-state index in [1.807, 2.05) is 13.0 Å². The highest BCUT2D eigenvalue weighted by Crippen LogP contribution is 2.31. The molecule has 0 N–H and O–H groups in total. The quantitative estimate of drug-likeness (QED) is 0.747. The van der Waals surface area contributed by atoms with Crippen molar-refractivity contribution in [3.8, 4) is 0 Å². The van der Waals surface area contributed by atoms with Gasteiger partial charge < -0.3 is 4.57 Å². The van der Waals surface area contributed by atoms with Crippen LogP contribution in [-0.4, -0.2) is 9.55 Å². The number of nitrogens with zero attached hydrogens (tertiary/aromatic N) is 2. The van der Waals surface area contributed by atoms with Crippen molar-refractivity contribution in [2.75, 3.05) is 0 Å². The Morgan fingerprint density at radius 2 is 2.16 bits per heavy atom. The average Bonchev–Trinajstić information content (AvgIpc) is 2.99. The lowest BCUT2D eigenvalue weighted by Crippen LogP contribution is -2.11. The zero-order valence-electron chi connectivity index (χ0n) is 11.1. The molecule has 102 valence electrons. The Kier molecular flexibility index (Phi) is 3.48. The van der Waals surface area contributed by atoms with Crippen LogP contribution in [0.1, 0.15) is 43.8 Å². The first-order valence-corrected chi connectivity index (χ1v) is 7.39. The molecule has 0 bridgehead atoms. The minimum absolute atomic E-state index is 0.201. The monoisotopic (exact) mass is 280 g/mol. The molecule has 1 aromatic heterocycles. The van der Waals surface area contributed by atoms with Crippen molar-refractivity contribution in [2.24, 2.45) is 5.92 Å². The fourth-order valence-electron chi connectivity index (χ4n) is 3.08. The van der Waals surface area contributed by atoms with Crippen molar-refractivity contribution in [3.63, 3.8) is 0 Å². The molecule has 19 heavy (non-hydrogen) atoms. The maximum absolute atomic E-state index is 13.8. The summed E-state index contributed by atoms with van der Waals surface area (Å²) in [7, 11) is 0. The molecule has 0 aliphatic heterocycles. The van der Waals surface area contributed by atoms with Crippen LogP contribution in [0.2, 0.25) is 0 Å². The molecule has 1 aliphatic rings. The molecule has 1 unspecified atom stereocenters. The van der Waals surface area contributed by atoms with Crippen LogP contribution in [0.3, 0.4) is 0 Å². The minimum Gasteiger partial charge on any atom is -0.326 e. The van der Waals surface area contributed by atoms with E-state index in [1.165, 1.54) is 31.7 Å². The van der Waals surface area contributed by atoms with Gasteiger partial charge in [0.05, 0.1) is 10.9 Å². The van der Waals surface area contributed by atoms with Gasteiger partial charge in [0.2, 0.25) is 0 Å². The largest absolute Gasteiger partial charge is 0.326 e. The van der Waals surface area contributed by atoms with Crippen molar-refractivity contribution in [1.82, 2.24) is 9.55 Å². The summed E-state index contributed by atoms with van der Waals surface area (Å²) in [6, 6.07) is 5.13. The van der Waals surface area contributed by atoms with Gasteiger partial charge in [-0.3, -0.25) is 0 Å². The molecule has 4 heteroatoms. The van der Waals surface area contributed by atoms with Crippen molar-refractivity contribution in [3.05, 3.63) is 29.8 Å². The number of fused-ring (bicyclic) bond motifs is 1. The van der Waals surface area contributed by atoms with Crippen LogP contribution in [-0.2, 0) is 6.54 Å². The predicted octanol–water partition coefficient (Wildman–Crippen LogP) is 4.67. The van der Waals surface area contributed by atoms with Gasteiger partial charge in [-0.25, -0.2) is 9.37 Å². The van der Waals surface area contributed by atoms with Gasteiger partial charge in [0.25, 0.3) is 0 Å². The van der Waals surface area contributed by atoms with E-state index < -0.39 is 0 Å². The number of hydrogen-bond acceptors (Lipinski definition) is 1. The number of hydrogen-bond donors (Lipinski definition) is 0. The summed E-state index contributed by atoms with van der Waals surface area (Å²) in [4.78, 5) is 4.41. The second kappa shape index (κ2) is 5.12. The van der Waals surface area contributed by atoms with E-state index in [9.17, 15) is 4.39 Å². The van der Waals surface area contributed by atoms with Crippen LogP contribution in [0.5, 0.6) is 0 Å². The summed E-state index contributed by atoms with van der Waals surface area (Å²) in [5.41, 5.74) is 1.32. The Labute approximate surface area is 117 Å². The maximum atomic E-state index is 13.8. The summed E-state index contributed by atoms with van der Waals surface area (Å²) in [5, 5.41) is -0.201. The molecule has 1 aliphatic carbocycles. The third-order valence-corrected chi connectivity index (χ3v) is 4.23. The Balaban J connectivity index is 2.08. The van der Waals surface area contributed by atoms with Crippen LogP contribution >= 0.6 is 11.6 Å². The summed E-state index contributed by atoms with van der Waals surface area (Å²) in [6.07, 6.45) is 5.12. The van der Waals surface area contributed by atoms with E-state index in [2.05, 4.69) is 9.55 Å². The Bertz CT molecular complexity index is 585. The molecule has 0 amide bonds. The lowest BCUT2D eigenvalue weighted by molar-refractivity contribution is 0.454. The van der Waals surface area contributed by atoms with Gasteiger partial charge in [0, 0.05) is 6.54 Å². The van der Waals surface area contributed by atoms with Crippen LogP contribution in [0, 0.1) is 11.7 Å². The van der Waals surface area contributed by atoms with E-state index in [4.69, 9.17) is 11.6 Å². The summed E-state index contributed by atoms with van der Waals surface area (Å²) in [5.74, 6) is 1.20. The fourth-order valence-corrected chi connectivity index (χ4v) is 3.24. The molecule has 3 rings (SSSR count). The predicted molar refractivity (Wildman–Crippen MR) is 75.9 cm³/mol. The molecule has 1 fully saturated rings. The molecule has 1 saturated carbocycles. The van der Waals surface area contributed by atoms with E-state index >= 15 is 0 Å². The highest BCUT2D eigenvalue weighted by Gasteiger charge is 2.21. The van der Waals surface area contributed by atoms with Crippen molar-refractivity contribution >= 4 is 22.6 Å². The lowest BCUT2D eigenvalue weighted by atomic mass is 10.1. The van der Waals surface area contributed by atoms with Crippen LogP contribution in [0.15, 0.2) is 18.2 Å². The summed E-state index contributed by atoms with van der Waals surface area (Å²) in [6.45, 7) is 2.80. The molecule has 1 aromatic carbocycles. The maximum Gasteiger partial charge on any atom is 0.151 e. The van der Waals surface area contributed by atoms with Gasteiger partial charge in [-0.05, 0) is 37.8 Å². The van der Waals surface area contributed by atoms with Crippen LogP contribution in [0.25, 0.3) is 11.0 Å². The Hall–Kier alpha value is -1.09. The van der Waals surface area contributed by atoms with E-state index in [1.54, 1.807) is 6.07 Å². The standard InChI is InChI=1S/C15H18ClFN2/c1-10(16)15-18-14-12(17)7-4-8-13(14)19(15)9-11-5-2-3-6-11/h4,7-8,10-11H,2-3,5-6,9H2,1H3. The van der Waals surface area contributed by atoms with Gasteiger partial charge in [0.1, 0.15) is 11.3 Å². The second-order valence-electron chi connectivity index (χ2n) is 5.45. The second-order valence-corrected chi connectivity index (χ2v) is 6.11. The minimum atomic E-state index is -0.263. The topological polar surface area (TPSA) is 17.8 Å². The van der Waals surface area contributed by atoms with Crippen molar-refractivity contribution < 1.29 is 4.39 Å². The zero-order chi connectivity index (χ0) is 13.4. The van der Waals surface area contributed by atoms with Crippen LogP contribution < -0.4 is 0 Å².